The van der Waals surface area contributed by atoms with Gasteiger partial charge in [0.1, 0.15) is 17.5 Å². The number of alkyl halides is 3. The quantitative estimate of drug-likeness (QED) is 0.308. The molecule has 0 aliphatic carbocycles. The van der Waals surface area contributed by atoms with Gasteiger partial charge in [-0.2, -0.15) is 18.2 Å². The molecular formula is C28H32F3N7O3S. The van der Waals surface area contributed by atoms with Gasteiger partial charge in [0.05, 0.1) is 5.69 Å². The summed E-state index contributed by atoms with van der Waals surface area (Å²) in [6.07, 6.45) is -3.15. The van der Waals surface area contributed by atoms with Crippen molar-refractivity contribution in [1.29, 1.82) is 0 Å². The maximum Gasteiger partial charge on any atom is 0.410 e. The number of carbonyl (C=O) groups excluding carboxylic acids is 1. The van der Waals surface area contributed by atoms with Crippen LogP contribution < -0.4 is 10.9 Å². The molecular weight excluding hydrogens is 571 g/mol. The normalized spacial score (nSPS) is 14.3. The zero-order chi connectivity index (χ0) is 30.6. The summed E-state index contributed by atoms with van der Waals surface area (Å²) in [6, 6.07) is 5.66. The average molecular weight is 604 g/mol. The monoisotopic (exact) mass is 603 g/mol. The molecule has 224 valence electrons. The molecule has 10 nitrogen and oxygen atoms in total. The van der Waals surface area contributed by atoms with Gasteiger partial charge < -0.3 is 15.0 Å². The maximum atomic E-state index is 13.5. The van der Waals surface area contributed by atoms with Gasteiger partial charge in [0.25, 0.3) is 5.56 Å². The zero-order valence-corrected chi connectivity index (χ0v) is 25.0. The van der Waals surface area contributed by atoms with Crippen molar-refractivity contribution < 1.29 is 22.7 Å². The predicted octanol–water partition coefficient (Wildman–Crippen LogP) is 5.94. The molecule has 0 spiro atoms. The Labute approximate surface area is 244 Å². The minimum absolute atomic E-state index is 0.00520. The second-order valence-corrected chi connectivity index (χ2v) is 13.1. The highest BCUT2D eigenvalue weighted by molar-refractivity contribution is 7.12. The second-order valence-electron chi connectivity index (χ2n) is 12.2. The van der Waals surface area contributed by atoms with E-state index in [1.54, 1.807) is 10.3 Å². The van der Waals surface area contributed by atoms with Gasteiger partial charge >= 0.3 is 12.3 Å². The summed E-state index contributed by atoms with van der Waals surface area (Å²) in [6.45, 7) is 10.7. The molecule has 5 rings (SSSR count). The fourth-order valence-electron chi connectivity index (χ4n) is 4.55. The van der Waals surface area contributed by atoms with E-state index in [9.17, 15) is 22.8 Å². The lowest BCUT2D eigenvalue weighted by Crippen LogP contribution is -2.39. The molecule has 1 aliphatic heterocycles. The van der Waals surface area contributed by atoms with Crippen LogP contribution in [-0.4, -0.2) is 53.6 Å². The minimum atomic E-state index is -4.65. The third-order valence-corrected chi connectivity index (χ3v) is 7.39. The Morgan fingerprint density at radius 1 is 1.10 bits per heavy atom. The van der Waals surface area contributed by atoms with Crippen molar-refractivity contribution in [3.8, 4) is 5.13 Å². The molecule has 0 atom stereocenters. The molecule has 0 saturated carbocycles. The van der Waals surface area contributed by atoms with Crippen LogP contribution in [0.5, 0.6) is 0 Å². The molecule has 3 aromatic heterocycles. The van der Waals surface area contributed by atoms with E-state index in [1.807, 2.05) is 59.7 Å². The Hall–Kier alpha value is -3.94. The maximum absolute atomic E-state index is 13.5. The number of ether oxygens (including phenoxy) is 1. The van der Waals surface area contributed by atoms with E-state index in [1.165, 1.54) is 6.20 Å². The van der Waals surface area contributed by atoms with Crippen LogP contribution in [0.15, 0.2) is 34.6 Å². The van der Waals surface area contributed by atoms with Crippen molar-refractivity contribution in [1.82, 2.24) is 29.2 Å². The number of hydrogen-bond donors (Lipinski definition) is 1. The molecule has 0 radical (unpaired) electrons. The van der Waals surface area contributed by atoms with Crippen molar-refractivity contribution in [3.05, 3.63) is 57.0 Å². The number of nitrogens with one attached hydrogen (secondary N) is 1. The van der Waals surface area contributed by atoms with E-state index in [0.29, 0.717) is 35.6 Å². The lowest BCUT2D eigenvalue weighted by Gasteiger charge is -2.31. The van der Waals surface area contributed by atoms with Gasteiger partial charge in [-0.15, -0.1) is 11.3 Å². The van der Waals surface area contributed by atoms with Crippen molar-refractivity contribution in [2.75, 3.05) is 11.9 Å². The van der Waals surface area contributed by atoms with Gasteiger partial charge in [0.2, 0.25) is 11.1 Å². The summed E-state index contributed by atoms with van der Waals surface area (Å²) >= 11 is 1.13. The van der Waals surface area contributed by atoms with Gasteiger partial charge in [-0.25, -0.2) is 24.1 Å². The molecule has 42 heavy (non-hydrogen) atoms. The van der Waals surface area contributed by atoms with Gasteiger partial charge in [-0.05, 0) is 50.5 Å². The van der Waals surface area contributed by atoms with Gasteiger partial charge in [-0.3, -0.25) is 4.79 Å². The smallest absolute Gasteiger partial charge is 0.410 e. The lowest BCUT2D eigenvalue weighted by atomic mass is 9.93. The van der Waals surface area contributed by atoms with Crippen molar-refractivity contribution in [2.24, 2.45) is 0 Å². The summed E-state index contributed by atoms with van der Waals surface area (Å²) in [4.78, 5) is 40.6. The van der Waals surface area contributed by atoms with Gasteiger partial charge in [-0.1, -0.05) is 26.8 Å². The first-order chi connectivity index (χ1) is 19.5. The SMILES string of the molecule is CC(C)(C)OC(=O)N1CCc2ccc(Nc3ncc4c(=O)n(CC(F)(F)F)n(-c5nc(C(C)(C)C)cs5)c4n3)cc2C1. The molecule has 1 aromatic carbocycles. The number of amides is 1. The lowest BCUT2D eigenvalue weighted by molar-refractivity contribution is -0.144. The molecule has 1 amide bonds. The molecule has 4 aromatic rings. The molecule has 0 fully saturated rings. The van der Waals surface area contributed by atoms with Crippen LogP contribution in [0.25, 0.3) is 16.2 Å². The Bertz CT molecular complexity index is 1710. The number of hydrogen-bond acceptors (Lipinski definition) is 8. The number of aromatic nitrogens is 5. The summed E-state index contributed by atoms with van der Waals surface area (Å²) in [5, 5.41) is 4.99. The number of nitrogens with zero attached hydrogens (tertiary/aromatic N) is 6. The van der Waals surface area contributed by atoms with E-state index < -0.39 is 30.0 Å². The average Bonchev–Trinajstić information content (AvgIpc) is 3.45. The Balaban J connectivity index is 1.50. The highest BCUT2D eigenvalue weighted by Gasteiger charge is 2.33. The zero-order valence-electron chi connectivity index (χ0n) is 24.2. The summed E-state index contributed by atoms with van der Waals surface area (Å²) < 4.78 is 47.8. The van der Waals surface area contributed by atoms with Gasteiger partial charge in [0.15, 0.2) is 5.65 Å². The number of benzene rings is 1. The van der Waals surface area contributed by atoms with Crippen LogP contribution in [0.3, 0.4) is 0 Å². The van der Waals surface area contributed by atoms with Crippen LogP contribution in [0.2, 0.25) is 0 Å². The summed E-state index contributed by atoms with van der Waals surface area (Å²) in [5.74, 6) is 0.0905. The molecule has 1 N–H and O–H groups in total. The van der Waals surface area contributed by atoms with E-state index in [0.717, 1.165) is 27.1 Å². The van der Waals surface area contributed by atoms with Crippen LogP contribution in [0.1, 0.15) is 58.4 Å². The number of carbonyl (C=O) groups is 1. The first-order valence-corrected chi connectivity index (χ1v) is 14.2. The number of rotatable bonds is 4. The topological polar surface area (TPSA) is 107 Å². The van der Waals surface area contributed by atoms with Crippen LogP contribution in [0, 0.1) is 0 Å². The third kappa shape index (κ3) is 6.27. The fraction of sp³-hybridized carbons (Fsp3) is 0.464. The first kappa shape index (κ1) is 29.5. The van der Waals surface area contributed by atoms with E-state index in [2.05, 4.69) is 20.3 Å². The summed E-state index contributed by atoms with van der Waals surface area (Å²) in [5.41, 5.74) is 1.49. The largest absolute Gasteiger partial charge is 0.444 e. The molecule has 0 saturated heterocycles. The van der Waals surface area contributed by atoms with Crippen LogP contribution >= 0.6 is 11.3 Å². The number of anilines is 2. The Morgan fingerprint density at radius 2 is 1.83 bits per heavy atom. The Morgan fingerprint density at radius 3 is 2.48 bits per heavy atom. The first-order valence-electron chi connectivity index (χ1n) is 13.4. The standard InChI is InChI=1S/C28H32F3N7O3S/c1-26(2,3)20-14-42-24(34-20)38-21-19(22(39)37(38)15-28(29,30)31)12-32-23(35-21)33-18-8-7-16-9-10-36(13-17(16)11-18)25(40)41-27(4,5)6/h7-8,11-12,14H,9-10,13,15H2,1-6H3,(H,32,33,35). The summed E-state index contributed by atoms with van der Waals surface area (Å²) in [7, 11) is 0. The van der Waals surface area contributed by atoms with Crippen LogP contribution in [-0.2, 0) is 29.7 Å². The van der Waals surface area contributed by atoms with Crippen molar-refractivity contribution >= 4 is 40.1 Å². The number of halogens is 3. The number of fused-ring (bicyclic) bond motifs is 2. The van der Waals surface area contributed by atoms with Gasteiger partial charge in [0, 0.05) is 35.8 Å². The van der Waals surface area contributed by atoms with E-state index >= 15 is 0 Å². The highest BCUT2D eigenvalue weighted by atomic mass is 32.1. The van der Waals surface area contributed by atoms with Crippen molar-refractivity contribution in [3.63, 3.8) is 0 Å². The molecule has 0 unspecified atom stereocenters. The minimum Gasteiger partial charge on any atom is -0.444 e. The highest BCUT2D eigenvalue weighted by Crippen LogP contribution is 2.29. The second kappa shape index (κ2) is 10.4. The third-order valence-electron chi connectivity index (χ3n) is 6.57. The van der Waals surface area contributed by atoms with E-state index in [-0.39, 0.29) is 27.5 Å². The molecule has 1 aliphatic rings. The number of thiazole rings is 1. The Kier molecular flexibility index (Phi) is 7.32. The molecule has 0 bridgehead atoms. The van der Waals surface area contributed by atoms with Crippen molar-refractivity contribution in [2.45, 2.75) is 78.2 Å². The van der Waals surface area contributed by atoms with Crippen LogP contribution in [0.4, 0.5) is 29.6 Å². The predicted molar refractivity (Wildman–Crippen MR) is 154 cm³/mol. The molecule has 4 heterocycles. The van der Waals surface area contributed by atoms with E-state index in [4.69, 9.17) is 4.74 Å². The molecule has 14 heteroatoms. The fourth-order valence-corrected chi connectivity index (χ4v) is 5.61.